The highest BCUT2D eigenvalue weighted by Gasteiger charge is 2.26. The first-order valence-corrected chi connectivity index (χ1v) is 11.4. The van der Waals surface area contributed by atoms with Gasteiger partial charge in [0.2, 0.25) is 5.91 Å². The molecule has 3 rings (SSSR count). The summed E-state index contributed by atoms with van der Waals surface area (Å²) in [6.07, 6.45) is 2.10. The van der Waals surface area contributed by atoms with E-state index in [9.17, 15) is 13.2 Å². The molecular formula is C23H21ClN2O3S. The Morgan fingerprint density at radius 2 is 1.70 bits per heavy atom. The predicted octanol–water partition coefficient (Wildman–Crippen LogP) is 5.17. The van der Waals surface area contributed by atoms with Crippen LogP contribution in [-0.2, 0) is 14.8 Å². The van der Waals surface area contributed by atoms with Crippen LogP contribution in [0.5, 0.6) is 0 Å². The molecule has 0 saturated heterocycles. The van der Waals surface area contributed by atoms with Gasteiger partial charge in [0.05, 0.1) is 16.9 Å². The zero-order chi connectivity index (χ0) is 21.6. The lowest BCUT2D eigenvalue weighted by Gasteiger charge is -2.17. The standard InChI is InChI=1S/C23H21ClN2O3S/c24-20-12-9-18(10-13-20)22(8-2-1-5-15-25)23(27)26-30(28,29)21-14-11-17-6-3-4-7-19(17)16-21/h3-4,6-7,9-14,16,22H,1-2,5,8H2,(H,26,27). The molecular weight excluding hydrogens is 420 g/mol. The molecule has 1 N–H and O–H groups in total. The number of nitrogens with zero attached hydrogens (tertiary/aromatic N) is 1. The van der Waals surface area contributed by atoms with E-state index in [0.29, 0.717) is 36.3 Å². The Morgan fingerprint density at radius 3 is 2.40 bits per heavy atom. The molecule has 0 heterocycles. The van der Waals surface area contributed by atoms with Crippen molar-refractivity contribution >= 4 is 38.3 Å². The summed E-state index contributed by atoms with van der Waals surface area (Å²) < 4.78 is 27.9. The Labute approximate surface area is 181 Å². The smallest absolute Gasteiger partial charge is 0.264 e. The second-order valence-corrected chi connectivity index (χ2v) is 9.11. The van der Waals surface area contributed by atoms with Crippen LogP contribution in [0.4, 0.5) is 0 Å². The number of fused-ring (bicyclic) bond motifs is 1. The first-order valence-electron chi connectivity index (χ1n) is 9.58. The van der Waals surface area contributed by atoms with Gasteiger partial charge >= 0.3 is 0 Å². The van der Waals surface area contributed by atoms with E-state index in [1.54, 1.807) is 36.4 Å². The Hall–Kier alpha value is -2.88. The van der Waals surface area contributed by atoms with Gasteiger partial charge < -0.3 is 0 Å². The fourth-order valence-corrected chi connectivity index (χ4v) is 4.47. The molecule has 7 heteroatoms. The van der Waals surface area contributed by atoms with Gasteiger partial charge in [-0.15, -0.1) is 0 Å². The molecule has 0 fully saturated rings. The van der Waals surface area contributed by atoms with Crippen LogP contribution < -0.4 is 4.72 Å². The highest BCUT2D eigenvalue weighted by atomic mass is 35.5. The van der Waals surface area contributed by atoms with Crippen molar-refractivity contribution in [2.75, 3.05) is 0 Å². The van der Waals surface area contributed by atoms with E-state index in [4.69, 9.17) is 16.9 Å². The maximum atomic E-state index is 13.0. The number of amides is 1. The van der Waals surface area contributed by atoms with Crippen molar-refractivity contribution in [3.8, 4) is 6.07 Å². The molecule has 3 aromatic rings. The molecule has 0 radical (unpaired) electrons. The van der Waals surface area contributed by atoms with Crippen LogP contribution in [0.1, 0.15) is 37.2 Å². The molecule has 0 aliphatic heterocycles. The average molecular weight is 441 g/mol. The first-order chi connectivity index (χ1) is 14.4. The first kappa shape index (κ1) is 21.8. The highest BCUT2D eigenvalue weighted by molar-refractivity contribution is 7.90. The van der Waals surface area contributed by atoms with Crippen LogP contribution in [0.15, 0.2) is 71.6 Å². The summed E-state index contributed by atoms with van der Waals surface area (Å²) in [4.78, 5) is 13.0. The monoisotopic (exact) mass is 440 g/mol. The Morgan fingerprint density at radius 1 is 1.00 bits per heavy atom. The third-order valence-corrected chi connectivity index (χ3v) is 6.48. The van der Waals surface area contributed by atoms with Gasteiger partial charge in [0, 0.05) is 11.4 Å². The summed E-state index contributed by atoms with van der Waals surface area (Å²) in [6.45, 7) is 0. The normalized spacial score (nSPS) is 12.3. The maximum absolute atomic E-state index is 13.0. The minimum absolute atomic E-state index is 0.0360. The number of hydrogen-bond donors (Lipinski definition) is 1. The quantitative estimate of drug-likeness (QED) is 0.489. The van der Waals surface area contributed by atoms with E-state index >= 15 is 0 Å². The molecule has 1 amide bonds. The number of sulfonamides is 1. The van der Waals surface area contributed by atoms with Crippen molar-refractivity contribution in [3.63, 3.8) is 0 Å². The van der Waals surface area contributed by atoms with Crippen LogP contribution in [0.2, 0.25) is 5.02 Å². The lowest BCUT2D eigenvalue weighted by atomic mass is 9.92. The summed E-state index contributed by atoms with van der Waals surface area (Å²) in [5.41, 5.74) is 0.683. The third kappa shape index (κ3) is 5.38. The van der Waals surface area contributed by atoms with Crippen molar-refractivity contribution in [3.05, 3.63) is 77.3 Å². The van der Waals surface area contributed by atoms with Crippen molar-refractivity contribution in [1.82, 2.24) is 4.72 Å². The summed E-state index contributed by atoms with van der Waals surface area (Å²) in [5.74, 6) is -1.25. The van der Waals surface area contributed by atoms with Gasteiger partial charge in [-0.3, -0.25) is 4.79 Å². The van der Waals surface area contributed by atoms with Crippen LogP contribution in [0, 0.1) is 11.3 Å². The van der Waals surface area contributed by atoms with E-state index in [1.807, 2.05) is 24.3 Å². The van der Waals surface area contributed by atoms with Gasteiger partial charge in [-0.2, -0.15) is 5.26 Å². The van der Waals surface area contributed by atoms with E-state index in [2.05, 4.69) is 10.8 Å². The topological polar surface area (TPSA) is 87.0 Å². The number of carbonyl (C=O) groups excluding carboxylic acids is 1. The molecule has 0 saturated carbocycles. The zero-order valence-corrected chi connectivity index (χ0v) is 17.8. The predicted molar refractivity (Wildman–Crippen MR) is 118 cm³/mol. The number of halogens is 1. The molecule has 5 nitrogen and oxygen atoms in total. The molecule has 0 spiro atoms. The summed E-state index contributed by atoms with van der Waals surface area (Å²) >= 11 is 5.94. The number of nitrogens with one attached hydrogen (secondary N) is 1. The summed E-state index contributed by atoms with van der Waals surface area (Å²) in [5, 5.41) is 10.9. The molecule has 30 heavy (non-hydrogen) atoms. The summed E-state index contributed by atoms with van der Waals surface area (Å²) in [7, 11) is -4.03. The minimum Gasteiger partial charge on any atom is -0.273 e. The molecule has 3 aromatic carbocycles. The van der Waals surface area contributed by atoms with Crippen LogP contribution in [0.3, 0.4) is 0 Å². The van der Waals surface area contributed by atoms with Gasteiger partial charge in [0.15, 0.2) is 0 Å². The van der Waals surface area contributed by atoms with Gasteiger partial charge in [-0.05, 0) is 53.4 Å². The Kier molecular flexibility index (Phi) is 7.09. The maximum Gasteiger partial charge on any atom is 0.264 e. The fraction of sp³-hybridized carbons (Fsp3) is 0.217. The third-order valence-electron chi connectivity index (χ3n) is 4.89. The molecule has 0 bridgehead atoms. The largest absolute Gasteiger partial charge is 0.273 e. The number of hydrogen-bond acceptors (Lipinski definition) is 4. The number of nitriles is 1. The van der Waals surface area contributed by atoms with Crippen molar-refractivity contribution < 1.29 is 13.2 Å². The Bertz CT molecular complexity index is 1190. The molecule has 154 valence electrons. The van der Waals surface area contributed by atoms with E-state index < -0.39 is 21.8 Å². The van der Waals surface area contributed by atoms with Crippen LogP contribution in [0.25, 0.3) is 10.8 Å². The second kappa shape index (κ2) is 9.75. The summed E-state index contributed by atoms with van der Waals surface area (Å²) in [6, 6.07) is 21.0. The highest BCUT2D eigenvalue weighted by Crippen LogP contribution is 2.26. The SMILES string of the molecule is N#CCCCCC(C(=O)NS(=O)(=O)c1ccc2ccccc2c1)c1ccc(Cl)cc1. The van der Waals surface area contributed by atoms with Gasteiger partial charge in [-0.25, -0.2) is 13.1 Å². The number of carbonyl (C=O) groups is 1. The lowest BCUT2D eigenvalue weighted by Crippen LogP contribution is -2.34. The lowest BCUT2D eigenvalue weighted by molar-refractivity contribution is -0.121. The zero-order valence-electron chi connectivity index (χ0n) is 16.2. The van der Waals surface area contributed by atoms with Crippen LogP contribution >= 0.6 is 11.6 Å². The van der Waals surface area contributed by atoms with Gasteiger partial charge in [-0.1, -0.05) is 60.5 Å². The van der Waals surface area contributed by atoms with Gasteiger partial charge in [0.1, 0.15) is 0 Å². The number of unbranched alkanes of at least 4 members (excludes halogenated alkanes) is 2. The number of benzene rings is 3. The minimum atomic E-state index is -4.03. The Balaban J connectivity index is 1.83. The molecule has 0 aliphatic rings. The average Bonchev–Trinajstić information content (AvgIpc) is 2.74. The molecule has 0 aromatic heterocycles. The molecule has 0 aliphatic carbocycles. The molecule has 1 unspecified atom stereocenters. The van der Waals surface area contributed by atoms with Crippen molar-refractivity contribution in [1.29, 1.82) is 5.26 Å². The van der Waals surface area contributed by atoms with E-state index in [1.165, 1.54) is 6.07 Å². The van der Waals surface area contributed by atoms with Crippen molar-refractivity contribution in [2.24, 2.45) is 0 Å². The van der Waals surface area contributed by atoms with Crippen LogP contribution in [-0.4, -0.2) is 14.3 Å². The van der Waals surface area contributed by atoms with E-state index in [0.717, 1.165) is 10.8 Å². The van der Waals surface area contributed by atoms with Crippen molar-refractivity contribution in [2.45, 2.75) is 36.5 Å². The number of rotatable bonds is 8. The second-order valence-electron chi connectivity index (χ2n) is 6.99. The van der Waals surface area contributed by atoms with E-state index in [-0.39, 0.29) is 4.90 Å². The van der Waals surface area contributed by atoms with Gasteiger partial charge in [0.25, 0.3) is 10.0 Å². The molecule has 1 atom stereocenters. The fourth-order valence-electron chi connectivity index (χ4n) is 3.29.